The molecule has 0 aliphatic carbocycles. The number of ether oxygens (including phenoxy) is 2. The van der Waals surface area contributed by atoms with E-state index >= 15 is 0 Å². The molecule has 1 N–H and O–H groups in total. The van der Waals surface area contributed by atoms with Crippen molar-refractivity contribution in [3.05, 3.63) is 56.5 Å². The lowest BCUT2D eigenvalue weighted by molar-refractivity contribution is 0.215. The Bertz CT molecular complexity index is 656. The van der Waals surface area contributed by atoms with Crippen LogP contribution in [-0.2, 0) is 6.54 Å². The van der Waals surface area contributed by atoms with Crippen molar-refractivity contribution in [1.29, 1.82) is 0 Å². The first-order valence-electron chi connectivity index (χ1n) is 7.46. The van der Waals surface area contributed by atoms with Crippen LogP contribution in [0.3, 0.4) is 0 Å². The summed E-state index contributed by atoms with van der Waals surface area (Å²) in [6.07, 6.45) is 0. The fourth-order valence-corrected chi connectivity index (χ4v) is 3.40. The Morgan fingerprint density at radius 3 is 2.30 bits per heavy atom. The Morgan fingerprint density at radius 2 is 1.65 bits per heavy atom. The zero-order valence-electron chi connectivity index (χ0n) is 13.6. The number of aryl methyl sites for hydroxylation is 2. The molecule has 3 nitrogen and oxygen atoms in total. The summed E-state index contributed by atoms with van der Waals surface area (Å²) in [6.45, 7) is 5.75. The summed E-state index contributed by atoms with van der Waals surface area (Å²) in [4.78, 5) is 0. The zero-order valence-corrected chi connectivity index (χ0v) is 15.9. The third kappa shape index (κ3) is 5.41. The van der Waals surface area contributed by atoms with Gasteiger partial charge in [0.05, 0.1) is 4.47 Å². The van der Waals surface area contributed by atoms with Gasteiger partial charge in [-0.15, -0.1) is 0 Å². The Morgan fingerprint density at radius 1 is 1.00 bits per heavy atom. The van der Waals surface area contributed by atoms with Gasteiger partial charge in [-0.25, -0.2) is 0 Å². The van der Waals surface area contributed by atoms with Crippen molar-refractivity contribution in [2.45, 2.75) is 20.4 Å². The van der Waals surface area contributed by atoms with Crippen LogP contribution in [-0.4, -0.2) is 20.3 Å². The van der Waals surface area contributed by atoms with Crippen LogP contribution in [0, 0.1) is 13.8 Å². The maximum absolute atomic E-state index is 6.09. The van der Waals surface area contributed by atoms with Gasteiger partial charge in [-0.1, -0.05) is 17.7 Å². The fourth-order valence-electron chi connectivity index (χ4n) is 2.42. The molecule has 124 valence electrons. The monoisotopic (exact) mass is 397 g/mol. The molecule has 2 aromatic carbocycles. The van der Waals surface area contributed by atoms with E-state index in [1.165, 1.54) is 11.1 Å². The van der Waals surface area contributed by atoms with Crippen molar-refractivity contribution in [1.82, 2.24) is 5.32 Å². The van der Waals surface area contributed by atoms with Gasteiger partial charge in [0.15, 0.2) is 0 Å². The number of nitrogens with one attached hydrogen (secondary N) is 1. The van der Waals surface area contributed by atoms with Crippen molar-refractivity contribution in [2.24, 2.45) is 0 Å². The molecule has 0 aliphatic heterocycles. The first kappa shape index (κ1) is 18.1. The van der Waals surface area contributed by atoms with Crippen molar-refractivity contribution in [2.75, 3.05) is 20.3 Å². The summed E-state index contributed by atoms with van der Waals surface area (Å²) < 4.78 is 12.5. The van der Waals surface area contributed by atoms with Crippen LogP contribution in [0.5, 0.6) is 11.5 Å². The lowest BCUT2D eigenvalue weighted by Gasteiger charge is -2.14. The molecule has 5 heteroatoms. The molecule has 2 aromatic rings. The highest BCUT2D eigenvalue weighted by atomic mass is 79.9. The van der Waals surface area contributed by atoms with Crippen LogP contribution < -0.4 is 14.8 Å². The summed E-state index contributed by atoms with van der Waals surface area (Å²) in [7, 11) is 1.89. The third-order valence-electron chi connectivity index (χ3n) is 3.25. The molecule has 0 radical (unpaired) electrons. The van der Waals surface area contributed by atoms with Gasteiger partial charge in [0.25, 0.3) is 0 Å². The Kier molecular flexibility index (Phi) is 6.75. The van der Waals surface area contributed by atoms with Crippen LogP contribution in [0.15, 0.2) is 34.8 Å². The Labute approximate surface area is 151 Å². The van der Waals surface area contributed by atoms with Gasteiger partial charge in [0.2, 0.25) is 0 Å². The molecule has 0 saturated heterocycles. The molecule has 0 spiro atoms. The van der Waals surface area contributed by atoms with Gasteiger partial charge in [0.1, 0.15) is 24.7 Å². The molecule has 0 saturated carbocycles. The number of halogens is 2. The summed E-state index contributed by atoms with van der Waals surface area (Å²) in [5.41, 5.74) is 3.40. The largest absolute Gasteiger partial charge is 0.490 e. The molecule has 0 atom stereocenters. The number of hydrogen-bond acceptors (Lipinski definition) is 3. The van der Waals surface area contributed by atoms with Crippen LogP contribution in [0.1, 0.15) is 16.7 Å². The summed E-state index contributed by atoms with van der Waals surface area (Å²) >= 11 is 9.60. The molecular weight excluding hydrogens is 378 g/mol. The molecule has 0 unspecified atom stereocenters. The number of hydrogen-bond donors (Lipinski definition) is 1. The first-order chi connectivity index (χ1) is 11.0. The molecule has 0 amide bonds. The van der Waals surface area contributed by atoms with Gasteiger partial charge in [-0.05, 0) is 72.2 Å². The van der Waals surface area contributed by atoms with E-state index in [-0.39, 0.29) is 0 Å². The molecule has 0 heterocycles. The second-order valence-electron chi connectivity index (χ2n) is 5.43. The number of rotatable bonds is 7. The minimum absolute atomic E-state index is 0.462. The molecule has 2 rings (SSSR count). The van der Waals surface area contributed by atoms with Crippen molar-refractivity contribution in [3.8, 4) is 11.5 Å². The standard InChI is InChI=1S/C18H21BrClNO2/c1-12-6-13(2)8-16(7-12)22-4-5-23-18-14(11-21-3)9-15(20)10-17(18)19/h6-10,21H,4-5,11H2,1-3H3. The molecule has 0 aliphatic rings. The first-order valence-corrected chi connectivity index (χ1v) is 8.63. The van der Waals surface area contributed by atoms with Gasteiger partial charge < -0.3 is 14.8 Å². The van der Waals surface area contributed by atoms with Crippen LogP contribution in [0.2, 0.25) is 5.02 Å². The lowest BCUT2D eigenvalue weighted by Crippen LogP contribution is -2.12. The molecule has 0 fully saturated rings. The summed E-state index contributed by atoms with van der Waals surface area (Å²) in [6, 6.07) is 9.91. The minimum Gasteiger partial charge on any atom is -0.490 e. The highest BCUT2D eigenvalue weighted by Gasteiger charge is 2.10. The third-order valence-corrected chi connectivity index (χ3v) is 4.05. The summed E-state index contributed by atoms with van der Waals surface area (Å²) in [5.74, 6) is 1.67. The zero-order chi connectivity index (χ0) is 16.8. The summed E-state index contributed by atoms with van der Waals surface area (Å²) in [5, 5.41) is 3.80. The quantitative estimate of drug-likeness (QED) is 0.673. The van der Waals surface area contributed by atoms with Gasteiger partial charge in [-0.3, -0.25) is 0 Å². The van der Waals surface area contributed by atoms with Gasteiger partial charge in [0, 0.05) is 17.1 Å². The maximum atomic E-state index is 6.09. The van der Waals surface area contributed by atoms with E-state index in [0.717, 1.165) is 21.5 Å². The molecular formula is C18H21BrClNO2. The normalized spacial score (nSPS) is 10.7. The van der Waals surface area contributed by atoms with Gasteiger partial charge >= 0.3 is 0 Å². The second kappa shape index (κ2) is 8.57. The topological polar surface area (TPSA) is 30.5 Å². The van der Waals surface area contributed by atoms with E-state index in [4.69, 9.17) is 21.1 Å². The predicted octanol–water partition coefficient (Wildman–Crippen LogP) is 4.90. The van der Waals surface area contributed by atoms with Crippen LogP contribution in [0.4, 0.5) is 0 Å². The Balaban J connectivity index is 1.96. The Hall–Kier alpha value is -1.23. The lowest BCUT2D eigenvalue weighted by atomic mass is 10.1. The average molecular weight is 399 g/mol. The van der Waals surface area contributed by atoms with Gasteiger partial charge in [-0.2, -0.15) is 0 Å². The van der Waals surface area contributed by atoms with E-state index in [9.17, 15) is 0 Å². The average Bonchev–Trinajstić information content (AvgIpc) is 2.44. The minimum atomic E-state index is 0.462. The van der Waals surface area contributed by atoms with Crippen molar-refractivity contribution < 1.29 is 9.47 Å². The van der Waals surface area contributed by atoms with Crippen molar-refractivity contribution >= 4 is 27.5 Å². The second-order valence-corrected chi connectivity index (χ2v) is 6.72. The van der Waals surface area contributed by atoms with Crippen molar-refractivity contribution in [3.63, 3.8) is 0 Å². The number of benzene rings is 2. The fraction of sp³-hybridized carbons (Fsp3) is 0.333. The van der Waals surface area contributed by atoms with Crippen LogP contribution >= 0.6 is 27.5 Å². The highest BCUT2D eigenvalue weighted by molar-refractivity contribution is 9.10. The van der Waals surface area contributed by atoms with E-state index < -0.39 is 0 Å². The molecule has 23 heavy (non-hydrogen) atoms. The van der Waals surface area contributed by atoms with E-state index in [2.05, 4.69) is 41.2 Å². The highest BCUT2D eigenvalue weighted by Crippen LogP contribution is 2.32. The maximum Gasteiger partial charge on any atom is 0.138 e. The SMILES string of the molecule is CNCc1cc(Cl)cc(Br)c1OCCOc1cc(C)cc(C)c1. The molecule has 0 bridgehead atoms. The predicted molar refractivity (Wildman–Crippen MR) is 98.8 cm³/mol. The smallest absolute Gasteiger partial charge is 0.138 e. The van der Waals surface area contributed by atoms with E-state index in [1.807, 2.05) is 31.3 Å². The van der Waals surface area contributed by atoms with E-state index in [1.54, 1.807) is 0 Å². The van der Waals surface area contributed by atoms with Crippen LogP contribution in [0.25, 0.3) is 0 Å². The van der Waals surface area contributed by atoms with E-state index in [0.29, 0.717) is 24.8 Å². The molecule has 0 aromatic heterocycles.